The van der Waals surface area contributed by atoms with Gasteiger partial charge in [0.25, 0.3) is 0 Å². The molecule has 1 aromatic rings. The average Bonchev–Trinajstić information content (AvgIpc) is 2.67. The predicted octanol–water partition coefficient (Wildman–Crippen LogP) is 0.292. The average molecular weight is 381 g/mol. The lowest BCUT2D eigenvalue weighted by molar-refractivity contribution is -0.120. The fourth-order valence-electron chi connectivity index (χ4n) is 3.36. The molecule has 1 saturated heterocycles. The van der Waals surface area contributed by atoms with E-state index in [-0.39, 0.29) is 17.3 Å². The fraction of sp³-hybridized carbons (Fsp3) is 0.611. The highest BCUT2D eigenvalue weighted by molar-refractivity contribution is 7.89. The monoisotopic (exact) mass is 381 g/mol. The number of aryl methyl sites for hydroxylation is 2. The number of hydrogen-bond acceptors (Lipinski definition) is 5. The van der Waals surface area contributed by atoms with Crippen LogP contribution in [0.4, 0.5) is 0 Å². The maximum atomic E-state index is 12.4. The Balaban J connectivity index is 1.46. The molecule has 0 spiro atoms. The van der Waals surface area contributed by atoms with Crippen molar-refractivity contribution in [1.29, 1.82) is 0 Å². The number of ether oxygens (including phenoxy) is 1. The lowest BCUT2D eigenvalue weighted by atomic mass is 9.92. The standard InChI is InChI=1S/C18H27N3O4S/c22-18(19-7-8-21-9-11-25-12-10-21)14-20-26(23,24)17-6-5-15-3-1-2-4-16(15)13-17/h5-6,13,20H,1-4,7-12,14H2,(H,19,22). The number of carbonyl (C=O) groups is 1. The maximum absolute atomic E-state index is 12.4. The molecule has 1 fully saturated rings. The van der Waals surface area contributed by atoms with Crippen LogP contribution in [0.3, 0.4) is 0 Å². The Labute approximate surface area is 155 Å². The normalized spacial score (nSPS) is 18.3. The van der Waals surface area contributed by atoms with E-state index in [9.17, 15) is 13.2 Å². The molecular formula is C18H27N3O4S. The zero-order chi connectivity index (χ0) is 18.4. The Hall–Kier alpha value is -1.48. The van der Waals surface area contributed by atoms with Crippen molar-refractivity contribution in [2.24, 2.45) is 0 Å². The van der Waals surface area contributed by atoms with Crippen molar-refractivity contribution in [3.8, 4) is 0 Å². The van der Waals surface area contributed by atoms with Gasteiger partial charge in [0.15, 0.2) is 0 Å². The molecule has 1 aliphatic heterocycles. The van der Waals surface area contributed by atoms with Crippen LogP contribution in [0.2, 0.25) is 0 Å². The molecule has 26 heavy (non-hydrogen) atoms. The number of morpholine rings is 1. The van der Waals surface area contributed by atoms with Crippen molar-refractivity contribution in [2.75, 3.05) is 45.9 Å². The van der Waals surface area contributed by atoms with Gasteiger partial charge in [-0.15, -0.1) is 0 Å². The molecule has 144 valence electrons. The van der Waals surface area contributed by atoms with E-state index < -0.39 is 10.0 Å². The molecule has 2 N–H and O–H groups in total. The van der Waals surface area contributed by atoms with Crippen molar-refractivity contribution in [2.45, 2.75) is 30.6 Å². The van der Waals surface area contributed by atoms with Gasteiger partial charge in [-0.3, -0.25) is 9.69 Å². The van der Waals surface area contributed by atoms with Gasteiger partial charge in [-0.05, 0) is 48.9 Å². The lowest BCUT2D eigenvalue weighted by Crippen LogP contribution is -2.43. The van der Waals surface area contributed by atoms with Gasteiger partial charge in [0.2, 0.25) is 15.9 Å². The third-order valence-electron chi connectivity index (χ3n) is 4.91. The first kappa shape index (κ1) is 19.3. The van der Waals surface area contributed by atoms with Crippen LogP contribution in [-0.2, 0) is 32.4 Å². The zero-order valence-corrected chi connectivity index (χ0v) is 15.8. The van der Waals surface area contributed by atoms with Crippen LogP contribution in [0.15, 0.2) is 23.1 Å². The largest absolute Gasteiger partial charge is 0.379 e. The number of hydrogen-bond donors (Lipinski definition) is 2. The maximum Gasteiger partial charge on any atom is 0.241 e. The molecule has 1 heterocycles. The molecule has 2 aliphatic rings. The quantitative estimate of drug-likeness (QED) is 0.709. The Morgan fingerprint density at radius 1 is 1.12 bits per heavy atom. The Bertz CT molecular complexity index is 730. The molecule has 3 rings (SSSR count). The van der Waals surface area contributed by atoms with Crippen molar-refractivity contribution >= 4 is 15.9 Å². The second kappa shape index (κ2) is 8.94. The van der Waals surface area contributed by atoms with Crippen LogP contribution in [0, 0.1) is 0 Å². The van der Waals surface area contributed by atoms with E-state index in [1.54, 1.807) is 12.1 Å². The van der Waals surface area contributed by atoms with Gasteiger partial charge in [-0.2, -0.15) is 0 Å². The van der Waals surface area contributed by atoms with E-state index >= 15 is 0 Å². The number of sulfonamides is 1. The van der Waals surface area contributed by atoms with Gasteiger partial charge in [0, 0.05) is 26.2 Å². The molecule has 1 aromatic carbocycles. The molecule has 0 bridgehead atoms. The summed E-state index contributed by atoms with van der Waals surface area (Å²) < 4.78 is 32.5. The van der Waals surface area contributed by atoms with E-state index in [0.29, 0.717) is 19.8 Å². The minimum atomic E-state index is -3.67. The summed E-state index contributed by atoms with van der Waals surface area (Å²) >= 11 is 0. The van der Waals surface area contributed by atoms with Crippen LogP contribution in [-0.4, -0.2) is 65.2 Å². The molecular weight excluding hydrogens is 354 g/mol. The summed E-state index contributed by atoms with van der Waals surface area (Å²) in [7, 11) is -3.67. The zero-order valence-electron chi connectivity index (χ0n) is 15.0. The number of fused-ring (bicyclic) bond motifs is 1. The topological polar surface area (TPSA) is 87.7 Å². The fourth-order valence-corrected chi connectivity index (χ4v) is 4.39. The summed E-state index contributed by atoms with van der Waals surface area (Å²) in [5, 5.41) is 2.76. The Morgan fingerprint density at radius 2 is 1.85 bits per heavy atom. The van der Waals surface area contributed by atoms with E-state index in [1.807, 2.05) is 6.07 Å². The van der Waals surface area contributed by atoms with Gasteiger partial charge in [-0.25, -0.2) is 13.1 Å². The first-order valence-corrected chi connectivity index (χ1v) is 10.7. The summed E-state index contributed by atoms with van der Waals surface area (Å²) in [4.78, 5) is 14.4. The van der Waals surface area contributed by atoms with Crippen LogP contribution in [0.1, 0.15) is 24.0 Å². The van der Waals surface area contributed by atoms with Crippen molar-refractivity contribution in [1.82, 2.24) is 14.9 Å². The second-order valence-corrected chi connectivity index (χ2v) is 8.53. The van der Waals surface area contributed by atoms with Gasteiger partial charge in [-0.1, -0.05) is 6.07 Å². The highest BCUT2D eigenvalue weighted by atomic mass is 32.2. The highest BCUT2D eigenvalue weighted by Gasteiger charge is 2.18. The molecule has 0 unspecified atom stereocenters. The summed E-state index contributed by atoms with van der Waals surface area (Å²) in [6.07, 6.45) is 4.17. The molecule has 0 atom stereocenters. The van der Waals surface area contributed by atoms with Crippen LogP contribution in [0.25, 0.3) is 0 Å². The van der Waals surface area contributed by atoms with Crippen molar-refractivity contribution in [3.63, 3.8) is 0 Å². The van der Waals surface area contributed by atoms with Gasteiger partial charge >= 0.3 is 0 Å². The molecule has 1 aliphatic carbocycles. The molecule has 0 saturated carbocycles. The van der Waals surface area contributed by atoms with E-state index in [2.05, 4.69) is 14.9 Å². The van der Waals surface area contributed by atoms with Crippen molar-refractivity contribution in [3.05, 3.63) is 29.3 Å². The molecule has 0 aromatic heterocycles. The summed E-state index contributed by atoms with van der Waals surface area (Å²) in [5.41, 5.74) is 2.34. The smallest absolute Gasteiger partial charge is 0.241 e. The minimum Gasteiger partial charge on any atom is -0.379 e. The summed E-state index contributed by atoms with van der Waals surface area (Å²) in [6.45, 7) is 4.15. The predicted molar refractivity (Wildman–Crippen MR) is 98.5 cm³/mol. The second-order valence-electron chi connectivity index (χ2n) is 6.77. The van der Waals surface area contributed by atoms with E-state index in [0.717, 1.165) is 50.9 Å². The molecule has 8 heteroatoms. The first-order valence-electron chi connectivity index (χ1n) is 9.23. The number of amides is 1. The van der Waals surface area contributed by atoms with E-state index in [1.165, 1.54) is 5.56 Å². The number of rotatable bonds is 7. The Morgan fingerprint density at radius 3 is 2.62 bits per heavy atom. The summed E-state index contributed by atoms with van der Waals surface area (Å²) in [6, 6.07) is 5.27. The molecule has 1 amide bonds. The molecule has 7 nitrogen and oxygen atoms in total. The number of carbonyl (C=O) groups excluding carboxylic acids is 1. The first-order chi connectivity index (χ1) is 12.5. The van der Waals surface area contributed by atoms with Gasteiger partial charge in [0.05, 0.1) is 24.7 Å². The third-order valence-corrected chi connectivity index (χ3v) is 6.31. The summed E-state index contributed by atoms with van der Waals surface area (Å²) in [5.74, 6) is -0.320. The van der Waals surface area contributed by atoms with Crippen LogP contribution < -0.4 is 10.0 Å². The van der Waals surface area contributed by atoms with Gasteiger partial charge < -0.3 is 10.1 Å². The van der Waals surface area contributed by atoms with E-state index in [4.69, 9.17) is 4.74 Å². The third kappa shape index (κ3) is 5.26. The highest BCUT2D eigenvalue weighted by Crippen LogP contribution is 2.23. The van der Waals surface area contributed by atoms with Crippen LogP contribution >= 0.6 is 0 Å². The minimum absolute atomic E-state index is 0.235. The number of nitrogens with zero attached hydrogens (tertiary/aromatic N) is 1. The van der Waals surface area contributed by atoms with Gasteiger partial charge in [0.1, 0.15) is 0 Å². The molecule has 0 radical (unpaired) electrons. The SMILES string of the molecule is O=C(CNS(=O)(=O)c1ccc2c(c1)CCCC2)NCCN1CCOCC1. The lowest BCUT2D eigenvalue weighted by Gasteiger charge is -2.26. The number of benzene rings is 1. The Kier molecular flexibility index (Phi) is 6.63. The number of nitrogens with one attached hydrogen (secondary N) is 2. The van der Waals surface area contributed by atoms with Crippen molar-refractivity contribution < 1.29 is 17.9 Å². The van der Waals surface area contributed by atoms with Crippen LogP contribution in [0.5, 0.6) is 0 Å².